The second-order valence-corrected chi connectivity index (χ2v) is 7.17. The highest BCUT2D eigenvalue weighted by Gasteiger charge is 2.19. The van der Waals surface area contributed by atoms with Crippen LogP contribution < -0.4 is 5.32 Å². The molecule has 2 aromatic rings. The van der Waals surface area contributed by atoms with Crippen LogP contribution in [0.1, 0.15) is 38.7 Å². The molecule has 0 aliphatic rings. The Morgan fingerprint density at radius 3 is 2.38 bits per heavy atom. The maximum Gasteiger partial charge on any atom is 0.317 e. The molecule has 1 N–H and O–H groups in total. The molecule has 1 amide bonds. The number of esters is 1. The van der Waals surface area contributed by atoms with E-state index in [2.05, 4.69) is 19.2 Å². The van der Waals surface area contributed by atoms with Gasteiger partial charge in [0.15, 0.2) is 6.10 Å². The lowest BCUT2D eigenvalue weighted by atomic mass is 9.97. The first kappa shape index (κ1) is 20.0. The molecule has 4 nitrogen and oxygen atoms in total. The minimum absolute atomic E-state index is 0.172. The van der Waals surface area contributed by atoms with Gasteiger partial charge in [0.05, 0.1) is 5.75 Å². The molecule has 0 radical (unpaired) electrons. The number of anilines is 1. The topological polar surface area (TPSA) is 55.4 Å². The average Bonchev–Trinajstić information content (AvgIpc) is 2.67. The van der Waals surface area contributed by atoms with E-state index in [1.165, 1.54) is 11.8 Å². The number of rotatable bonds is 8. The quantitative estimate of drug-likeness (QED) is 0.532. The summed E-state index contributed by atoms with van der Waals surface area (Å²) in [5.41, 5.74) is 1.86. The maximum atomic E-state index is 12.4. The van der Waals surface area contributed by atoms with Crippen molar-refractivity contribution in [1.29, 1.82) is 0 Å². The first-order valence-corrected chi connectivity index (χ1v) is 9.77. The Bertz CT molecular complexity index is 733. The van der Waals surface area contributed by atoms with Crippen molar-refractivity contribution in [2.24, 2.45) is 0 Å². The molecule has 0 bridgehead atoms. The maximum absolute atomic E-state index is 12.4. The molecule has 26 heavy (non-hydrogen) atoms. The van der Waals surface area contributed by atoms with Crippen LogP contribution in [0.15, 0.2) is 59.5 Å². The van der Waals surface area contributed by atoms with Gasteiger partial charge in [-0.1, -0.05) is 50.2 Å². The zero-order valence-electron chi connectivity index (χ0n) is 15.4. The second kappa shape index (κ2) is 10.0. The smallest absolute Gasteiger partial charge is 0.317 e. The Morgan fingerprint density at radius 1 is 1.04 bits per heavy atom. The van der Waals surface area contributed by atoms with Crippen LogP contribution in [0.4, 0.5) is 5.69 Å². The number of nitrogens with one attached hydrogen (secondary N) is 1. The third-order valence-electron chi connectivity index (χ3n) is 4.14. The number of hydrogen-bond donors (Lipinski definition) is 1. The lowest BCUT2D eigenvalue weighted by Crippen LogP contribution is -2.31. The zero-order valence-corrected chi connectivity index (χ0v) is 16.2. The standard InChI is InChI=1S/C21H25NO3S/c1-4-15(2)18-12-8-9-13-19(18)22-21(24)16(3)25-20(23)14-26-17-10-6-5-7-11-17/h5-13,15-16H,4,14H2,1-3H3,(H,22,24)/t15-,16+/m1/s1. The van der Waals surface area contributed by atoms with Crippen molar-refractivity contribution in [2.75, 3.05) is 11.1 Å². The molecule has 2 aromatic carbocycles. The van der Waals surface area contributed by atoms with Crippen LogP contribution in [0.5, 0.6) is 0 Å². The molecule has 2 rings (SSSR count). The fourth-order valence-corrected chi connectivity index (χ4v) is 3.14. The molecular formula is C21H25NO3S. The summed E-state index contributed by atoms with van der Waals surface area (Å²) >= 11 is 1.39. The highest BCUT2D eigenvalue weighted by molar-refractivity contribution is 8.00. The van der Waals surface area contributed by atoms with Crippen molar-refractivity contribution in [3.8, 4) is 0 Å². The molecule has 0 aromatic heterocycles. The fraction of sp³-hybridized carbons (Fsp3) is 0.333. The van der Waals surface area contributed by atoms with Gasteiger partial charge in [-0.2, -0.15) is 0 Å². The van der Waals surface area contributed by atoms with Gasteiger partial charge < -0.3 is 10.1 Å². The molecule has 0 spiro atoms. The van der Waals surface area contributed by atoms with E-state index in [4.69, 9.17) is 4.74 Å². The summed E-state index contributed by atoms with van der Waals surface area (Å²) in [7, 11) is 0. The molecule has 138 valence electrons. The minimum atomic E-state index is -0.844. The number of carbonyl (C=O) groups is 2. The predicted molar refractivity (Wildman–Crippen MR) is 106 cm³/mol. The Morgan fingerprint density at radius 2 is 1.69 bits per heavy atom. The van der Waals surface area contributed by atoms with Crippen molar-refractivity contribution < 1.29 is 14.3 Å². The molecule has 2 atom stereocenters. The van der Waals surface area contributed by atoms with Gasteiger partial charge in [0.1, 0.15) is 0 Å². The van der Waals surface area contributed by atoms with E-state index in [-0.39, 0.29) is 11.7 Å². The summed E-state index contributed by atoms with van der Waals surface area (Å²) in [6, 6.07) is 17.3. The Labute approximate surface area is 159 Å². The van der Waals surface area contributed by atoms with Crippen LogP contribution in [0.3, 0.4) is 0 Å². The lowest BCUT2D eigenvalue weighted by Gasteiger charge is -2.18. The zero-order chi connectivity index (χ0) is 18.9. The van der Waals surface area contributed by atoms with Crippen molar-refractivity contribution >= 4 is 29.3 Å². The number of carbonyl (C=O) groups excluding carboxylic acids is 2. The van der Waals surface area contributed by atoms with E-state index in [0.29, 0.717) is 5.92 Å². The first-order chi connectivity index (χ1) is 12.5. The molecule has 0 saturated carbocycles. The van der Waals surface area contributed by atoms with Gasteiger partial charge >= 0.3 is 5.97 Å². The fourth-order valence-electron chi connectivity index (χ4n) is 2.44. The van der Waals surface area contributed by atoms with Crippen LogP contribution in [0.25, 0.3) is 0 Å². The van der Waals surface area contributed by atoms with Gasteiger partial charge in [-0.15, -0.1) is 11.8 Å². The summed E-state index contributed by atoms with van der Waals surface area (Å²) in [6.07, 6.45) is 0.137. The van der Waals surface area contributed by atoms with Crippen molar-refractivity contribution in [1.82, 2.24) is 0 Å². The van der Waals surface area contributed by atoms with E-state index >= 15 is 0 Å². The molecule has 0 fully saturated rings. The summed E-state index contributed by atoms with van der Waals surface area (Å²) in [5, 5.41) is 2.88. The van der Waals surface area contributed by atoms with E-state index in [9.17, 15) is 9.59 Å². The van der Waals surface area contributed by atoms with E-state index in [1.54, 1.807) is 6.92 Å². The Balaban J connectivity index is 1.88. The molecule has 0 heterocycles. The van der Waals surface area contributed by atoms with Gasteiger partial charge in [0.25, 0.3) is 5.91 Å². The van der Waals surface area contributed by atoms with Crippen LogP contribution >= 0.6 is 11.8 Å². The number of benzene rings is 2. The van der Waals surface area contributed by atoms with Gasteiger partial charge in [-0.25, -0.2) is 0 Å². The summed E-state index contributed by atoms with van der Waals surface area (Å²) in [6.45, 7) is 5.82. The first-order valence-electron chi connectivity index (χ1n) is 8.78. The Hall–Kier alpha value is -2.27. The third-order valence-corrected chi connectivity index (χ3v) is 5.12. The van der Waals surface area contributed by atoms with Crippen LogP contribution in [-0.2, 0) is 14.3 Å². The predicted octanol–water partition coefficient (Wildman–Crippen LogP) is 4.86. The van der Waals surface area contributed by atoms with Crippen LogP contribution in [0, 0.1) is 0 Å². The molecule has 0 saturated heterocycles. The van der Waals surface area contributed by atoms with Crippen LogP contribution in [0.2, 0.25) is 0 Å². The Kier molecular flexibility index (Phi) is 7.73. The van der Waals surface area contributed by atoms with Crippen molar-refractivity contribution in [3.05, 3.63) is 60.2 Å². The number of amides is 1. The van der Waals surface area contributed by atoms with E-state index in [0.717, 1.165) is 22.6 Å². The normalized spacial score (nSPS) is 12.9. The minimum Gasteiger partial charge on any atom is -0.452 e. The molecule has 0 aliphatic carbocycles. The average molecular weight is 372 g/mol. The number of ether oxygens (including phenoxy) is 1. The third kappa shape index (κ3) is 5.92. The van der Waals surface area contributed by atoms with Crippen LogP contribution in [-0.4, -0.2) is 23.7 Å². The van der Waals surface area contributed by atoms with Gasteiger partial charge in [-0.3, -0.25) is 9.59 Å². The SMILES string of the molecule is CC[C@@H](C)c1ccccc1NC(=O)[C@H](C)OC(=O)CSc1ccccc1. The van der Waals surface area contributed by atoms with Gasteiger partial charge in [-0.05, 0) is 43.0 Å². The van der Waals surface area contributed by atoms with E-state index in [1.807, 2.05) is 54.6 Å². The van der Waals surface area contributed by atoms with Crippen molar-refractivity contribution in [2.45, 2.75) is 44.1 Å². The van der Waals surface area contributed by atoms with Crippen molar-refractivity contribution in [3.63, 3.8) is 0 Å². The highest BCUT2D eigenvalue weighted by atomic mass is 32.2. The number of para-hydroxylation sites is 1. The monoisotopic (exact) mass is 371 g/mol. The molecule has 0 aliphatic heterocycles. The lowest BCUT2D eigenvalue weighted by molar-refractivity contribution is -0.150. The van der Waals surface area contributed by atoms with Gasteiger partial charge in [0, 0.05) is 10.6 Å². The summed E-state index contributed by atoms with van der Waals surface area (Å²) < 4.78 is 5.26. The number of hydrogen-bond acceptors (Lipinski definition) is 4. The largest absolute Gasteiger partial charge is 0.452 e. The van der Waals surface area contributed by atoms with E-state index < -0.39 is 12.1 Å². The molecule has 0 unspecified atom stereocenters. The second-order valence-electron chi connectivity index (χ2n) is 6.12. The van der Waals surface area contributed by atoms with Gasteiger partial charge in [0.2, 0.25) is 0 Å². The molecule has 5 heteroatoms. The highest BCUT2D eigenvalue weighted by Crippen LogP contribution is 2.26. The summed E-state index contributed by atoms with van der Waals surface area (Å²) in [5.74, 6) is -0.215. The number of thioether (sulfide) groups is 1. The summed E-state index contributed by atoms with van der Waals surface area (Å²) in [4.78, 5) is 25.4. The molecular weight excluding hydrogens is 346 g/mol.